The molecule has 6 nitrogen and oxygen atoms in total. The van der Waals surface area contributed by atoms with Crippen LogP contribution in [0.2, 0.25) is 5.02 Å². The van der Waals surface area contributed by atoms with Crippen molar-refractivity contribution in [2.45, 2.75) is 49.8 Å². The average molecular weight is 446 g/mol. The van der Waals surface area contributed by atoms with E-state index in [1.807, 2.05) is 18.0 Å². The summed E-state index contributed by atoms with van der Waals surface area (Å²) in [5.74, 6) is 0.931. The Labute approximate surface area is 184 Å². The van der Waals surface area contributed by atoms with Gasteiger partial charge in [-0.15, -0.1) is 0 Å². The van der Waals surface area contributed by atoms with E-state index in [9.17, 15) is 9.59 Å². The Morgan fingerprint density at radius 1 is 1.30 bits per heavy atom. The molecule has 1 aromatic carbocycles. The van der Waals surface area contributed by atoms with E-state index in [4.69, 9.17) is 16.0 Å². The number of hydrogen-bond acceptors (Lipinski definition) is 5. The first-order chi connectivity index (χ1) is 14.5. The smallest absolute Gasteiger partial charge is 0.262 e. The van der Waals surface area contributed by atoms with Crippen molar-refractivity contribution >= 4 is 40.2 Å². The monoisotopic (exact) mass is 445 g/mol. The standard InChI is InChI=1S/C22H24ClN3O3S/c1-25(16-6-3-2-4-7-16)20(27)14-30-22-24-19-12-15(23)9-10-18(19)21(28)26(22)13-17-8-5-11-29-17/h5,8-12,16H,2-4,6-7,13-14H2,1H3. The van der Waals surface area contributed by atoms with E-state index in [0.717, 1.165) is 12.8 Å². The fraction of sp³-hybridized carbons (Fsp3) is 0.409. The lowest BCUT2D eigenvalue weighted by Gasteiger charge is -2.31. The second kappa shape index (κ2) is 9.27. The quantitative estimate of drug-likeness (QED) is 0.410. The van der Waals surface area contributed by atoms with Gasteiger partial charge in [-0.25, -0.2) is 4.98 Å². The van der Waals surface area contributed by atoms with Crippen LogP contribution in [0.25, 0.3) is 10.9 Å². The van der Waals surface area contributed by atoms with Crippen LogP contribution in [0.1, 0.15) is 37.9 Å². The number of aromatic nitrogens is 2. The van der Waals surface area contributed by atoms with Crippen LogP contribution in [0.3, 0.4) is 0 Å². The first-order valence-electron chi connectivity index (χ1n) is 10.1. The maximum atomic E-state index is 13.1. The maximum Gasteiger partial charge on any atom is 0.262 e. The van der Waals surface area contributed by atoms with E-state index in [-0.39, 0.29) is 23.8 Å². The summed E-state index contributed by atoms with van der Waals surface area (Å²) in [6.45, 7) is 0.256. The highest BCUT2D eigenvalue weighted by Gasteiger charge is 2.23. The lowest BCUT2D eigenvalue weighted by Crippen LogP contribution is -2.39. The van der Waals surface area contributed by atoms with Crippen molar-refractivity contribution in [1.29, 1.82) is 0 Å². The minimum absolute atomic E-state index is 0.0527. The molecule has 1 aliphatic carbocycles. The summed E-state index contributed by atoms with van der Waals surface area (Å²) < 4.78 is 6.99. The number of halogens is 1. The minimum Gasteiger partial charge on any atom is -0.467 e. The average Bonchev–Trinajstić information content (AvgIpc) is 3.27. The second-order valence-electron chi connectivity index (χ2n) is 7.61. The van der Waals surface area contributed by atoms with E-state index in [2.05, 4.69) is 4.98 Å². The van der Waals surface area contributed by atoms with E-state index < -0.39 is 0 Å². The first kappa shape index (κ1) is 21.0. The molecule has 0 aliphatic heterocycles. The summed E-state index contributed by atoms with van der Waals surface area (Å²) in [6.07, 6.45) is 7.28. The molecule has 0 bridgehead atoms. The fourth-order valence-corrected chi connectivity index (χ4v) is 4.97. The number of amides is 1. The molecule has 30 heavy (non-hydrogen) atoms. The van der Waals surface area contributed by atoms with Crippen molar-refractivity contribution in [3.8, 4) is 0 Å². The molecular formula is C22H24ClN3O3S. The van der Waals surface area contributed by atoms with E-state index in [0.29, 0.717) is 32.9 Å². The number of furan rings is 1. The lowest BCUT2D eigenvalue weighted by atomic mass is 9.94. The molecule has 3 aromatic rings. The summed E-state index contributed by atoms with van der Waals surface area (Å²) in [5.41, 5.74) is 0.349. The molecule has 0 saturated heterocycles. The number of thioether (sulfide) groups is 1. The molecule has 0 unspecified atom stereocenters. The number of hydrogen-bond donors (Lipinski definition) is 0. The Kier molecular flexibility index (Phi) is 6.49. The second-order valence-corrected chi connectivity index (χ2v) is 8.99. The largest absolute Gasteiger partial charge is 0.467 e. The Hall–Kier alpha value is -2.25. The topological polar surface area (TPSA) is 68.3 Å². The highest BCUT2D eigenvalue weighted by molar-refractivity contribution is 7.99. The molecular weight excluding hydrogens is 422 g/mol. The molecule has 0 radical (unpaired) electrons. The van der Waals surface area contributed by atoms with Gasteiger partial charge in [-0.2, -0.15) is 0 Å². The molecule has 4 rings (SSSR count). The predicted molar refractivity (Wildman–Crippen MR) is 119 cm³/mol. The zero-order chi connectivity index (χ0) is 21.1. The number of fused-ring (bicyclic) bond motifs is 1. The molecule has 158 valence electrons. The third-order valence-corrected chi connectivity index (χ3v) is 6.81. The van der Waals surface area contributed by atoms with Gasteiger partial charge in [0.25, 0.3) is 5.56 Å². The first-order valence-corrected chi connectivity index (χ1v) is 11.5. The van der Waals surface area contributed by atoms with E-state index in [1.165, 1.54) is 31.0 Å². The van der Waals surface area contributed by atoms with Crippen molar-refractivity contribution in [3.63, 3.8) is 0 Å². The van der Waals surface area contributed by atoms with E-state index in [1.54, 1.807) is 35.1 Å². The molecule has 1 saturated carbocycles. The molecule has 0 atom stereocenters. The summed E-state index contributed by atoms with van der Waals surface area (Å²) in [7, 11) is 1.88. The number of benzene rings is 1. The van der Waals surface area contributed by atoms with Crippen LogP contribution in [-0.2, 0) is 11.3 Å². The Balaban J connectivity index is 1.61. The van der Waals surface area contributed by atoms with Crippen LogP contribution in [0.5, 0.6) is 0 Å². The van der Waals surface area contributed by atoms with Gasteiger partial charge in [0.1, 0.15) is 5.76 Å². The molecule has 0 N–H and O–H groups in total. The molecule has 1 fully saturated rings. The van der Waals surface area contributed by atoms with Crippen molar-refractivity contribution in [3.05, 3.63) is 57.7 Å². The van der Waals surface area contributed by atoms with Crippen LogP contribution in [-0.4, -0.2) is 39.2 Å². The van der Waals surface area contributed by atoms with Gasteiger partial charge in [0.05, 0.1) is 29.5 Å². The number of rotatable bonds is 6. The van der Waals surface area contributed by atoms with Crippen molar-refractivity contribution in [2.24, 2.45) is 0 Å². The summed E-state index contributed by atoms with van der Waals surface area (Å²) in [4.78, 5) is 32.4. The molecule has 2 heterocycles. The van der Waals surface area contributed by atoms with Gasteiger partial charge in [-0.1, -0.05) is 42.6 Å². The summed E-state index contributed by atoms with van der Waals surface area (Å²) >= 11 is 7.38. The fourth-order valence-electron chi connectivity index (χ4n) is 3.88. The SMILES string of the molecule is CN(C(=O)CSc1nc2cc(Cl)ccc2c(=O)n1Cc1ccco1)C1CCCCC1. The van der Waals surface area contributed by atoms with Crippen molar-refractivity contribution < 1.29 is 9.21 Å². The maximum absolute atomic E-state index is 13.1. The zero-order valence-electron chi connectivity index (χ0n) is 16.8. The van der Waals surface area contributed by atoms with Gasteiger partial charge in [0.2, 0.25) is 5.91 Å². The van der Waals surface area contributed by atoms with Gasteiger partial charge in [-0.05, 0) is 43.2 Å². The third kappa shape index (κ3) is 4.57. The normalized spacial score (nSPS) is 14.9. The Morgan fingerprint density at radius 3 is 2.83 bits per heavy atom. The molecule has 1 aliphatic rings. The predicted octanol–water partition coefficient (Wildman–Crippen LogP) is 4.57. The van der Waals surface area contributed by atoms with Gasteiger partial charge < -0.3 is 9.32 Å². The summed E-state index contributed by atoms with van der Waals surface area (Å²) in [6, 6.07) is 8.94. The summed E-state index contributed by atoms with van der Waals surface area (Å²) in [5, 5.41) is 1.49. The lowest BCUT2D eigenvalue weighted by molar-refractivity contribution is -0.129. The highest BCUT2D eigenvalue weighted by Crippen LogP contribution is 2.24. The molecule has 1 amide bonds. The van der Waals surface area contributed by atoms with E-state index >= 15 is 0 Å². The molecule has 2 aromatic heterocycles. The number of carbonyl (C=O) groups excluding carboxylic acids is 1. The van der Waals surface area contributed by atoms with Crippen molar-refractivity contribution in [1.82, 2.24) is 14.5 Å². The van der Waals surface area contributed by atoms with Crippen LogP contribution >= 0.6 is 23.4 Å². The third-order valence-electron chi connectivity index (χ3n) is 5.62. The van der Waals surface area contributed by atoms with Crippen LogP contribution in [0.15, 0.2) is 51.0 Å². The van der Waals surface area contributed by atoms with Crippen LogP contribution in [0, 0.1) is 0 Å². The zero-order valence-corrected chi connectivity index (χ0v) is 18.4. The van der Waals surface area contributed by atoms with Gasteiger partial charge >= 0.3 is 0 Å². The van der Waals surface area contributed by atoms with Crippen molar-refractivity contribution in [2.75, 3.05) is 12.8 Å². The highest BCUT2D eigenvalue weighted by atomic mass is 35.5. The van der Waals surface area contributed by atoms with Crippen LogP contribution in [0.4, 0.5) is 0 Å². The number of carbonyl (C=O) groups is 1. The molecule has 0 spiro atoms. The minimum atomic E-state index is -0.177. The Bertz CT molecular complexity index is 1090. The van der Waals surface area contributed by atoms with Gasteiger partial charge in [0, 0.05) is 18.1 Å². The van der Waals surface area contributed by atoms with Gasteiger partial charge in [-0.3, -0.25) is 14.2 Å². The number of nitrogens with zero attached hydrogens (tertiary/aromatic N) is 3. The van der Waals surface area contributed by atoms with Gasteiger partial charge in [0.15, 0.2) is 5.16 Å². The molecule has 8 heteroatoms. The van der Waals surface area contributed by atoms with Crippen LogP contribution < -0.4 is 5.56 Å². The Morgan fingerprint density at radius 2 is 2.10 bits per heavy atom.